The van der Waals surface area contributed by atoms with E-state index in [0.717, 1.165) is 31.0 Å². The number of urea groups is 1. The molecule has 0 fully saturated rings. The molecule has 0 aromatic carbocycles. The van der Waals surface area contributed by atoms with Crippen LogP contribution in [0.4, 0.5) is 4.79 Å². The van der Waals surface area contributed by atoms with Gasteiger partial charge in [-0.3, -0.25) is 0 Å². The van der Waals surface area contributed by atoms with E-state index in [4.69, 9.17) is 4.42 Å². The summed E-state index contributed by atoms with van der Waals surface area (Å²) in [4.78, 5) is 16.0. The summed E-state index contributed by atoms with van der Waals surface area (Å²) in [5.41, 5.74) is 0. The number of carbonyl (C=O) groups is 1. The van der Waals surface area contributed by atoms with Gasteiger partial charge in [-0.25, -0.2) is 9.78 Å². The van der Waals surface area contributed by atoms with Crippen molar-refractivity contribution in [1.29, 1.82) is 0 Å². The molecule has 1 aliphatic heterocycles. The molecule has 0 bridgehead atoms. The Kier molecular flexibility index (Phi) is 3.71. The number of carbonyl (C=O) groups excluding carboxylic acids is 1. The Hall–Kier alpha value is -2.24. The first-order valence-corrected chi connectivity index (χ1v) is 6.85. The van der Waals surface area contributed by atoms with Gasteiger partial charge in [-0.05, 0) is 24.5 Å². The number of fused-ring (bicyclic) bond motifs is 1. The predicted molar refractivity (Wildman–Crippen MR) is 73.0 cm³/mol. The van der Waals surface area contributed by atoms with Crippen molar-refractivity contribution in [2.45, 2.75) is 25.9 Å². The van der Waals surface area contributed by atoms with Crippen LogP contribution in [0.15, 0.2) is 35.2 Å². The summed E-state index contributed by atoms with van der Waals surface area (Å²) in [5, 5.41) is 5.68. The van der Waals surface area contributed by atoms with Crippen LogP contribution in [0, 0.1) is 5.92 Å². The zero-order valence-electron chi connectivity index (χ0n) is 11.2. The Morgan fingerprint density at radius 2 is 2.45 bits per heavy atom. The number of furan rings is 1. The Labute approximate surface area is 117 Å². The fourth-order valence-electron chi connectivity index (χ4n) is 2.47. The van der Waals surface area contributed by atoms with Gasteiger partial charge < -0.3 is 19.6 Å². The fourth-order valence-corrected chi connectivity index (χ4v) is 2.47. The molecule has 3 heterocycles. The highest BCUT2D eigenvalue weighted by Crippen LogP contribution is 2.18. The van der Waals surface area contributed by atoms with Crippen molar-refractivity contribution < 1.29 is 9.21 Å². The van der Waals surface area contributed by atoms with Crippen LogP contribution in [0.2, 0.25) is 0 Å². The number of nitrogens with one attached hydrogen (secondary N) is 2. The monoisotopic (exact) mass is 274 g/mol. The Morgan fingerprint density at radius 3 is 3.30 bits per heavy atom. The number of rotatable bonds is 4. The molecule has 0 saturated carbocycles. The molecule has 3 rings (SSSR count). The first-order valence-electron chi connectivity index (χ1n) is 6.85. The van der Waals surface area contributed by atoms with Gasteiger partial charge in [0, 0.05) is 31.9 Å². The number of imidazole rings is 1. The zero-order chi connectivity index (χ0) is 13.8. The number of amides is 2. The predicted octanol–water partition coefficient (Wildman–Crippen LogP) is 1.54. The smallest absolute Gasteiger partial charge is 0.315 e. The fraction of sp³-hybridized carbons (Fsp3) is 0.429. The van der Waals surface area contributed by atoms with Crippen molar-refractivity contribution >= 4 is 6.03 Å². The lowest BCUT2D eigenvalue weighted by Gasteiger charge is -2.23. The van der Waals surface area contributed by atoms with Gasteiger partial charge in [-0.15, -0.1) is 0 Å². The first-order chi connectivity index (χ1) is 9.81. The molecule has 2 amide bonds. The van der Waals surface area contributed by atoms with Crippen molar-refractivity contribution in [3.05, 3.63) is 42.4 Å². The highest BCUT2D eigenvalue weighted by atomic mass is 16.3. The minimum atomic E-state index is -0.157. The maximum Gasteiger partial charge on any atom is 0.315 e. The molecule has 0 spiro atoms. The molecule has 20 heavy (non-hydrogen) atoms. The third kappa shape index (κ3) is 3.01. The summed E-state index contributed by atoms with van der Waals surface area (Å²) in [6.45, 7) is 2.07. The van der Waals surface area contributed by atoms with Crippen LogP contribution >= 0.6 is 0 Å². The lowest BCUT2D eigenvalue weighted by molar-refractivity contribution is 0.235. The summed E-state index contributed by atoms with van der Waals surface area (Å²) in [6, 6.07) is 3.48. The molecule has 6 nitrogen and oxygen atoms in total. The van der Waals surface area contributed by atoms with Crippen molar-refractivity contribution in [3.8, 4) is 0 Å². The lowest BCUT2D eigenvalue weighted by atomic mass is 9.98. The van der Waals surface area contributed by atoms with Gasteiger partial charge in [0.25, 0.3) is 0 Å². The van der Waals surface area contributed by atoms with E-state index in [2.05, 4.69) is 20.2 Å². The lowest BCUT2D eigenvalue weighted by Crippen LogP contribution is -2.39. The van der Waals surface area contributed by atoms with E-state index in [0.29, 0.717) is 19.0 Å². The molecule has 1 atom stereocenters. The Balaban J connectivity index is 1.40. The summed E-state index contributed by atoms with van der Waals surface area (Å²) < 4.78 is 7.33. The Morgan fingerprint density at radius 1 is 1.50 bits per heavy atom. The molecule has 0 radical (unpaired) electrons. The van der Waals surface area contributed by atoms with E-state index in [1.54, 1.807) is 12.3 Å². The van der Waals surface area contributed by atoms with Crippen LogP contribution in [0.25, 0.3) is 0 Å². The molecular formula is C14H18N4O2. The summed E-state index contributed by atoms with van der Waals surface area (Å²) in [7, 11) is 0. The van der Waals surface area contributed by atoms with Gasteiger partial charge in [-0.1, -0.05) is 0 Å². The minimum absolute atomic E-state index is 0.157. The summed E-state index contributed by atoms with van der Waals surface area (Å²) in [5.74, 6) is 2.32. The number of hydrogen-bond acceptors (Lipinski definition) is 3. The molecule has 1 aliphatic rings. The molecule has 6 heteroatoms. The quantitative estimate of drug-likeness (QED) is 0.888. The molecule has 0 aliphatic carbocycles. The van der Waals surface area contributed by atoms with Gasteiger partial charge in [0.05, 0.1) is 12.8 Å². The number of hydrogen-bond donors (Lipinski definition) is 2. The Bertz CT molecular complexity index is 562. The topological polar surface area (TPSA) is 72.1 Å². The van der Waals surface area contributed by atoms with Gasteiger partial charge in [-0.2, -0.15) is 0 Å². The molecular weight excluding hydrogens is 256 g/mol. The molecule has 106 valence electrons. The molecule has 2 aromatic rings. The maximum absolute atomic E-state index is 11.7. The largest absolute Gasteiger partial charge is 0.467 e. The average molecular weight is 274 g/mol. The SMILES string of the molecule is O=C(NCc1ccco1)NC[C@H]1CCn2ccnc2C1. The van der Waals surface area contributed by atoms with E-state index in [-0.39, 0.29) is 6.03 Å². The zero-order valence-corrected chi connectivity index (χ0v) is 11.2. The highest BCUT2D eigenvalue weighted by molar-refractivity contribution is 5.73. The second-order valence-electron chi connectivity index (χ2n) is 5.04. The van der Waals surface area contributed by atoms with Crippen LogP contribution in [-0.2, 0) is 19.5 Å². The van der Waals surface area contributed by atoms with E-state index < -0.39 is 0 Å². The third-order valence-corrected chi connectivity index (χ3v) is 3.61. The van der Waals surface area contributed by atoms with Crippen molar-refractivity contribution in [3.63, 3.8) is 0 Å². The van der Waals surface area contributed by atoms with Crippen LogP contribution in [-0.4, -0.2) is 22.1 Å². The molecule has 0 unspecified atom stereocenters. The molecule has 2 N–H and O–H groups in total. The van der Waals surface area contributed by atoms with E-state index in [1.807, 2.05) is 18.5 Å². The number of aryl methyl sites for hydroxylation is 1. The standard InChI is InChI=1S/C14H18N4O2/c19-14(17-10-12-2-1-7-20-12)16-9-11-3-5-18-6-4-15-13(18)8-11/h1-2,4,6-7,11H,3,5,8-10H2,(H2,16,17,19)/t11-/m0/s1. The second-order valence-corrected chi connectivity index (χ2v) is 5.04. The van der Waals surface area contributed by atoms with Crippen LogP contribution in [0.1, 0.15) is 18.0 Å². The number of nitrogens with zero attached hydrogens (tertiary/aromatic N) is 2. The van der Waals surface area contributed by atoms with Gasteiger partial charge in [0.1, 0.15) is 11.6 Å². The van der Waals surface area contributed by atoms with E-state index in [9.17, 15) is 4.79 Å². The highest BCUT2D eigenvalue weighted by Gasteiger charge is 2.19. The molecule has 0 saturated heterocycles. The van der Waals surface area contributed by atoms with Crippen LogP contribution < -0.4 is 10.6 Å². The van der Waals surface area contributed by atoms with Crippen molar-refractivity contribution in [2.75, 3.05) is 6.54 Å². The minimum Gasteiger partial charge on any atom is -0.467 e. The summed E-state index contributed by atoms with van der Waals surface area (Å²) in [6.07, 6.45) is 7.43. The van der Waals surface area contributed by atoms with E-state index in [1.165, 1.54) is 0 Å². The first kappa shape index (κ1) is 12.8. The van der Waals surface area contributed by atoms with E-state index >= 15 is 0 Å². The van der Waals surface area contributed by atoms with Crippen LogP contribution in [0.5, 0.6) is 0 Å². The second kappa shape index (κ2) is 5.81. The van der Waals surface area contributed by atoms with Gasteiger partial charge in [0.2, 0.25) is 0 Å². The van der Waals surface area contributed by atoms with Crippen LogP contribution in [0.3, 0.4) is 0 Å². The maximum atomic E-state index is 11.7. The van der Waals surface area contributed by atoms with Crippen molar-refractivity contribution in [2.24, 2.45) is 5.92 Å². The average Bonchev–Trinajstić information content (AvgIpc) is 3.13. The summed E-state index contributed by atoms with van der Waals surface area (Å²) >= 11 is 0. The van der Waals surface area contributed by atoms with Crippen molar-refractivity contribution in [1.82, 2.24) is 20.2 Å². The molecule has 2 aromatic heterocycles. The number of aromatic nitrogens is 2. The van der Waals surface area contributed by atoms with Gasteiger partial charge >= 0.3 is 6.03 Å². The van der Waals surface area contributed by atoms with Gasteiger partial charge in [0.15, 0.2) is 0 Å². The normalized spacial score (nSPS) is 17.5. The third-order valence-electron chi connectivity index (χ3n) is 3.61.